The molecular formula is C17H13F3N2O4S. The molecular weight excluding hydrogens is 385 g/mol. The van der Waals surface area contributed by atoms with Crippen LogP contribution in [0.4, 0.5) is 18.9 Å². The zero-order valence-electron chi connectivity index (χ0n) is 13.9. The molecule has 0 saturated carbocycles. The lowest BCUT2D eigenvalue weighted by Crippen LogP contribution is -2.05. The van der Waals surface area contributed by atoms with Gasteiger partial charge in [-0.05, 0) is 30.5 Å². The summed E-state index contributed by atoms with van der Waals surface area (Å²) in [6.07, 6.45) is -2.73. The molecule has 10 heteroatoms. The lowest BCUT2D eigenvalue weighted by molar-refractivity contribution is -0.385. The standard InChI is InChI=1S/C17H13F3N2O4S/c1-27-7-6-25-16-9-13(3-4-14(16)22(23)24)26-15-5-2-12(17(18,19)20)8-11(15)10-21/h2-5,8-9H,6-7H2,1H3. The summed E-state index contributed by atoms with van der Waals surface area (Å²) in [5, 5.41) is 20.2. The molecule has 0 atom stereocenters. The van der Waals surface area contributed by atoms with Crippen LogP contribution in [-0.4, -0.2) is 23.5 Å². The molecule has 2 aromatic rings. The van der Waals surface area contributed by atoms with Crippen molar-refractivity contribution in [2.24, 2.45) is 0 Å². The van der Waals surface area contributed by atoms with Crippen LogP contribution in [0.5, 0.6) is 17.2 Å². The van der Waals surface area contributed by atoms with Gasteiger partial charge in [0.15, 0.2) is 0 Å². The lowest BCUT2D eigenvalue weighted by atomic mass is 10.1. The molecule has 0 bridgehead atoms. The molecule has 27 heavy (non-hydrogen) atoms. The highest BCUT2D eigenvalue weighted by molar-refractivity contribution is 7.98. The highest BCUT2D eigenvalue weighted by atomic mass is 32.2. The van der Waals surface area contributed by atoms with Gasteiger partial charge in [-0.15, -0.1) is 0 Å². The van der Waals surface area contributed by atoms with Crippen LogP contribution in [0.25, 0.3) is 0 Å². The fraction of sp³-hybridized carbons (Fsp3) is 0.235. The van der Waals surface area contributed by atoms with Crippen molar-refractivity contribution in [3.63, 3.8) is 0 Å². The SMILES string of the molecule is CSCCOc1cc(Oc2ccc(C(F)(F)F)cc2C#N)ccc1[N+](=O)[O-]. The summed E-state index contributed by atoms with van der Waals surface area (Å²) >= 11 is 1.50. The van der Waals surface area contributed by atoms with Crippen LogP contribution < -0.4 is 9.47 Å². The predicted octanol–water partition coefficient (Wildman–Crippen LogP) is 5.02. The second-order valence-corrected chi connectivity index (χ2v) is 6.14. The summed E-state index contributed by atoms with van der Waals surface area (Å²) in [6, 6.07) is 7.84. The molecule has 0 fully saturated rings. The third-order valence-electron chi connectivity index (χ3n) is 3.33. The van der Waals surface area contributed by atoms with Gasteiger partial charge < -0.3 is 9.47 Å². The first kappa shape index (κ1) is 20.4. The maximum Gasteiger partial charge on any atom is 0.416 e. The summed E-state index contributed by atoms with van der Waals surface area (Å²) < 4.78 is 49.1. The summed E-state index contributed by atoms with van der Waals surface area (Å²) in [7, 11) is 0. The Morgan fingerprint density at radius 2 is 1.96 bits per heavy atom. The molecule has 2 aromatic carbocycles. The first-order chi connectivity index (χ1) is 12.8. The molecule has 0 aromatic heterocycles. The van der Waals surface area contributed by atoms with E-state index in [0.717, 1.165) is 12.1 Å². The Labute approximate surface area is 156 Å². The van der Waals surface area contributed by atoms with Gasteiger partial charge in [-0.25, -0.2) is 0 Å². The van der Waals surface area contributed by atoms with E-state index in [1.807, 2.05) is 6.26 Å². The van der Waals surface area contributed by atoms with Crippen LogP contribution in [0.3, 0.4) is 0 Å². The Bertz CT molecular complexity index is 881. The monoisotopic (exact) mass is 398 g/mol. The molecule has 0 aliphatic carbocycles. The van der Waals surface area contributed by atoms with Crippen LogP contribution >= 0.6 is 11.8 Å². The van der Waals surface area contributed by atoms with Gasteiger partial charge in [0.05, 0.1) is 22.7 Å². The van der Waals surface area contributed by atoms with E-state index in [9.17, 15) is 23.3 Å². The molecule has 0 spiro atoms. The van der Waals surface area contributed by atoms with E-state index in [1.165, 1.54) is 30.0 Å². The molecule has 0 saturated heterocycles. The van der Waals surface area contributed by atoms with Gasteiger partial charge in [0, 0.05) is 17.9 Å². The number of rotatable bonds is 7. The Balaban J connectivity index is 2.33. The van der Waals surface area contributed by atoms with Crippen molar-refractivity contribution in [1.82, 2.24) is 0 Å². The van der Waals surface area contributed by atoms with E-state index in [-0.39, 0.29) is 35.1 Å². The van der Waals surface area contributed by atoms with Crippen molar-refractivity contribution in [3.05, 3.63) is 57.6 Å². The Kier molecular flexibility index (Phi) is 6.52. The second kappa shape index (κ2) is 8.64. The molecule has 0 amide bonds. The molecule has 0 radical (unpaired) electrons. The van der Waals surface area contributed by atoms with Gasteiger partial charge in [0.25, 0.3) is 0 Å². The average Bonchev–Trinajstić information content (AvgIpc) is 2.61. The van der Waals surface area contributed by atoms with Gasteiger partial charge >= 0.3 is 11.9 Å². The minimum Gasteiger partial charge on any atom is -0.486 e. The number of benzene rings is 2. The molecule has 2 rings (SSSR count). The van der Waals surface area contributed by atoms with E-state index in [2.05, 4.69) is 0 Å². The number of nitro groups is 1. The highest BCUT2D eigenvalue weighted by Crippen LogP contribution is 2.36. The van der Waals surface area contributed by atoms with E-state index in [0.29, 0.717) is 11.8 Å². The van der Waals surface area contributed by atoms with E-state index in [1.54, 1.807) is 6.07 Å². The Morgan fingerprint density at radius 1 is 1.22 bits per heavy atom. The third kappa shape index (κ3) is 5.27. The zero-order valence-corrected chi connectivity index (χ0v) is 14.8. The van der Waals surface area contributed by atoms with E-state index in [4.69, 9.17) is 14.7 Å². The summed E-state index contributed by atoms with van der Waals surface area (Å²) in [5.41, 5.74) is -1.56. The maximum atomic E-state index is 12.8. The smallest absolute Gasteiger partial charge is 0.416 e. The molecule has 0 aliphatic rings. The number of alkyl halides is 3. The molecule has 0 N–H and O–H groups in total. The average molecular weight is 398 g/mol. The number of thioether (sulfide) groups is 1. The summed E-state index contributed by atoms with van der Waals surface area (Å²) in [4.78, 5) is 10.5. The topological polar surface area (TPSA) is 85.4 Å². The van der Waals surface area contributed by atoms with Crippen molar-refractivity contribution in [2.45, 2.75) is 6.18 Å². The fourth-order valence-corrected chi connectivity index (χ4v) is 2.32. The van der Waals surface area contributed by atoms with Crippen LogP contribution in [0, 0.1) is 21.4 Å². The van der Waals surface area contributed by atoms with Gasteiger partial charge in [-0.1, -0.05) is 0 Å². The van der Waals surface area contributed by atoms with Crippen LogP contribution in [0.15, 0.2) is 36.4 Å². The summed E-state index contributed by atoms with van der Waals surface area (Å²) in [6.45, 7) is 0.231. The quantitative estimate of drug-likeness (QED) is 0.370. The minimum atomic E-state index is -4.59. The van der Waals surface area contributed by atoms with Gasteiger partial charge in [-0.2, -0.15) is 30.2 Å². The number of nitro benzene ring substituents is 1. The number of halogens is 3. The zero-order chi connectivity index (χ0) is 20.0. The van der Waals surface area contributed by atoms with Crippen molar-refractivity contribution in [1.29, 1.82) is 5.26 Å². The molecule has 0 heterocycles. The van der Waals surface area contributed by atoms with Crippen LogP contribution in [-0.2, 0) is 6.18 Å². The summed E-state index contributed by atoms with van der Waals surface area (Å²) in [5.74, 6) is 0.571. The van der Waals surface area contributed by atoms with Gasteiger partial charge in [0.1, 0.15) is 17.6 Å². The number of hydrogen-bond donors (Lipinski definition) is 0. The van der Waals surface area contributed by atoms with Crippen LogP contribution in [0.2, 0.25) is 0 Å². The first-order valence-corrected chi connectivity index (χ1v) is 8.85. The second-order valence-electron chi connectivity index (χ2n) is 5.15. The normalized spacial score (nSPS) is 10.9. The maximum absolute atomic E-state index is 12.8. The fourth-order valence-electron chi connectivity index (χ4n) is 2.07. The number of ether oxygens (including phenoxy) is 2. The highest BCUT2D eigenvalue weighted by Gasteiger charge is 2.31. The van der Waals surface area contributed by atoms with E-state index >= 15 is 0 Å². The van der Waals surface area contributed by atoms with Crippen molar-refractivity contribution < 1.29 is 27.6 Å². The number of nitriles is 1. The molecule has 0 aliphatic heterocycles. The third-order valence-corrected chi connectivity index (χ3v) is 3.90. The predicted molar refractivity (Wildman–Crippen MR) is 93.2 cm³/mol. The van der Waals surface area contributed by atoms with Gasteiger partial charge in [-0.3, -0.25) is 10.1 Å². The van der Waals surface area contributed by atoms with E-state index < -0.39 is 16.7 Å². The van der Waals surface area contributed by atoms with Crippen LogP contribution in [0.1, 0.15) is 11.1 Å². The molecule has 142 valence electrons. The van der Waals surface area contributed by atoms with Gasteiger partial charge in [0.2, 0.25) is 5.75 Å². The Hall–Kier alpha value is -2.93. The van der Waals surface area contributed by atoms with Crippen molar-refractivity contribution in [3.8, 4) is 23.3 Å². The largest absolute Gasteiger partial charge is 0.486 e. The number of nitrogens with zero attached hydrogens (tertiary/aromatic N) is 2. The molecule has 6 nitrogen and oxygen atoms in total. The lowest BCUT2D eigenvalue weighted by Gasteiger charge is -2.12. The minimum absolute atomic E-state index is 0.0306. The van der Waals surface area contributed by atoms with Crippen molar-refractivity contribution in [2.75, 3.05) is 18.6 Å². The first-order valence-electron chi connectivity index (χ1n) is 7.45. The Morgan fingerprint density at radius 3 is 2.56 bits per heavy atom. The number of hydrogen-bond acceptors (Lipinski definition) is 6. The molecule has 0 unspecified atom stereocenters. The van der Waals surface area contributed by atoms with Crippen molar-refractivity contribution >= 4 is 17.4 Å².